The molecular formula is C14H19NO5S. The number of rotatable bonds is 6. The third kappa shape index (κ3) is 3.96. The molecule has 0 spiro atoms. The van der Waals surface area contributed by atoms with Gasteiger partial charge in [0.2, 0.25) is 0 Å². The smallest absolute Gasteiger partial charge is 0.173 e. The minimum atomic E-state index is -3.10. The highest BCUT2D eigenvalue weighted by Gasteiger charge is 2.23. The lowest BCUT2D eigenvalue weighted by molar-refractivity contribution is 0.168. The lowest BCUT2D eigenvalue weighted by Gasteiger charge is -2.18. The van der Waals surface area contributed by atoms with Crippen LogP contribution in [0.2, 0.25) is 0 Å². The second kappa shape index (κ2) is 6.46. The monoisotopic (exact) mass is 313 g/mol. The van der Waals surface area contributed by atoms with Gasteiger partial charge in [0.05, 0.1) is 26.1 Å². The summed E-state index contributed by atoms with van der Waals surface area (Å²) in [6.07, 6.45) is 0.761. The van der Waals surface area contributed by atoms with Gasteiger partial charge in [-0.05, 0) is 18.2 Å². The highest BCUT2D eigenvalue weighted by molar-refractivity contribution is 7.94. The number of hydrogen-bond acceptors (Lipinski definition) is 6. The van der Waals surface area contributed by atoms with Gasteiger partial charge in [-0.25, -0.2) is 8.42 Å². The fourth-order valence-corrected chi connectivity index (χ4v) is 3.45. The van der Waals surface area contributed by atoms with Crippen LogP contribution in [0.3, 0.4) is 0 Å². The maximum atomic E-state index is 11.3. The average Bonchev–Trinajstić information content (AvgIpc) is 2.83. The SMILES string of the molecule is COc1ccc(OC)c(C(O)CNC2C=CS(=O)(=O)C2)c1. The highest BCUT2D eigenvalue weighted by Crippen LogP contribution is 2.29. The predicted molar refractivity (Wildman–Crippen MR) is 79.2 cm³/mol. The minimum absolute atomic E-state index is 0.0228. The zero-order valence-electron chi connectivity index (χ0n) is 11.9. The van der Waals surface area contributed by atoms with Crippen molar-refractivity contribution in [2.75, 3.05) is 26.5 Å². The highest BCUT2D eigenvalue weighted by atomic mass is 32.2. The molecule has 21 heavy (non-hydrogen) atoms. The van der Waals surface area contributed by atoms with Crippen molar-refractivity contribution in [2.24, 2.45) is 0 Å². The van der Waals surface area contributed by atoms with Crippen LogP contribution in [0.5, 0.6) is 11.5 Å². The second-order valence-electron chi connectivity index (χ2n) is 4.80. The van der Waals surface area contributed by atoms with E-state index >= 15 is 0 Å². The van der Waals surface area contributed by atoms with E-state index in [1.807, 2.05) is 0 Å². The molecule has 1 aromatic rings. The Hall–Kier alpha value is -1.57. The molecule has 2 rings (SSSR count). The maximum Gasteiger partial charge on any atom is 0.173 e. The topological polar surface area (TPSA) is 84.9 Å². The summed E-state index contributed by atoms with van der Waals surface area (Å²) in [5, 5.41) is 14.5. The van der Waals surface area contributed by atoms with Crippen LogP contribution in [0.25, 0.3) is 0 Å². The average molecular weight is 313 g/mol. The van der Waals surface area contributed by atoms with Gasteiger partial charge in [0.25, 0.3) is 0 Å². The normalized spacial score (nSPS) is 21.2. The summed E-state index contributed by atoms with van der Waals surface area (Å²) in [5.74, 6) is 1.20. The number of benzene rings is 1. The molecule has 0 aliphatic carbocycles. The van der Waals surface area contributed by atoms with E-state index in [4.69, 9.17) is 9.47 Å². The Labute approximate surface area is 124 Å². The van der Waals surface area contributed by atoms with E-state index in [-0.39, 0.29) is 18.3 Å². The molecule has 1 aromatic carbocycles. The number of sulfone groups is 1. The lowest BCUT2D eigenvalue weighted by atomic mass is 10.1. The molecule has 0 radical (unpaired) electrons. The van der Waals surface area contributed by atoms with Crippen molar-refractivity contribution in [3.05, 3.63) is 35.2 Å². The van der Waals surface area contributed by atoms with Crippen LogP contribution < -0.4 is 14.8 Å². The molecule has 0 saturated heterocycles. The molecule has 1 aliphatic heterocycles. The Morgan fingerprint density at radius 3 is 2.71 bits per heavy atom. The van der Waals surface area contributed by atoms with E-state index in [2.05, 4.69) is 5.32 Å². The number of ether oxygens (including phenoxy) is 2. The molecule has 0 saturated carbocycles. The Balaban J connectivity index is 2.03. The van der Waals surface area contributed by atoms with Gasteiger partial charge in [-0.1, -0.05) is 6.08 Å². The molecule has 0 bridgehead atoms. The zero-order valence-corrected chi connectivity index (χ0v) is 12.8. The number of aliphatic hydroxyl groups is 1. The van der Waals surface area contributed by atoms with Gasteiger partial charge in [0.15, 0.2) is 9.84 Å². The summed E-state index contributed by atoms with van der Waals surface area (Å²) < 4.78 is 33.0. The quantitative estimate of drug-likeness (QED) is 0.801. The van der Waals surface area contributed by atoms with Crippen LogP contribution >= 0.6 is 0 Å². The number of aliphatic hydroxyl groups excluding tert-OH is 1. The number of nitrogens with one attached hydrogen (secondary N) is 1. The van der Waals surface area contributed by atoms with Crippen molar-refractivity contribution in [1.29, 1.82) is 0 Å². The van der Waals surface area contributed by atoms with Crippen molar-refractivity contribution in [3.63, 3.8) is 0 Å². The van der Waals surface area contributed by atoms with Crippen molar-refractivity contribution in [3.8, 4) is 11.5 Å². The largest absolute Gasteiger partial charge is 0.497 e. The van der Waals surface area contributed by atoms with Crippen molar-refractivity contribution < 1.29 is 23.0 Å². The van der Waals surface area contributed by atoms with Crippen LogP contribution in [0.1, 0.15) is 11.7 Å². The van der Waals surface area contributed by atoms with Gasteiger partial charge in [-0.3, -0.25) is 0 Å². The van der Waals surface area contributed by atoms with Crippen LogP contribution in [0.4, 0.5) is 0 Å². The van der Waals surface area contributed by atoms with Gasteiger partial charge in [0, 0.05) is 23.6 Å². The fraction of sp³-hybridized carbons (Fsp3) is 0.429. The standard InChI is InChI=1S/C14H19NO5S/c1-19-11-3-4-14(20-2)12(7-11)13(16)8-15-10-5-6-21(17,18)9-10/h3-7,10,13,15-16H,8-9H2,1-2H3. The summed E-state index contributed by atoms with van der Waals surface area (Å²) in [5.41, 5.74) is 0.592. The third-order valence-electron chi connectivity index (χ3n) is 3.30. The Kier molecular flexibility index (Phi) is 4.87. The predicted octanol–water partition coefficient (Wildman–Crippen LogP) is 0.638. The molecule has 1 heterocycles. The summed E-state index contributed by atoms with van der Waals surface area (Å²) in [4.78, 5) is 0. The molecular weight excluding hydrogens is 294 g/mol. The van der Waals surface area contributed by atoms with Gasteiger partial charge < -0.3 is 19.9 Å². The summed E-state index contributed by atoms with van der Waals surface area (Å²) in [6.45, 7) is 0.216. The van der Waals surface area contributed by atoms with Crippen LogP contribution in [-0.4, -0.2) is 46.1 Å². The van der Waals surface area contributed by atoms with E-state index in [0.717, 1.165) is 0 Å². The van der Waals surface area contributed by atoms with Crippen molar-refractivity contribution >= 4 is 9.84 Å². The van der Waals surface area contributed by atoms with Gasteiger partial charge >= 0.3 is 0 Å². The molecule has 7 heteroatoms. The molecule has 0 fully saturated rings. The Bertz CT molecular complexity index is 626. The van der Waals surface area contributed by atoms with E-state index in [0.29, 0.717) is 17.1 Å². The van der Waals surface area contributed by atoms with E-state index in [1.54, 1.807) is 31.4 Å². The fourth-order valence-electron chi connectivity index (χ4n) is 2.18. The first-order chi connectivity index (χ1) is 9.95. The third-order valence-corrected chi connectivity index (χ3v) is 4.69. The molecule has 0 aromatic heterocycles. The van der Waals surface area contributed by atoms with E-state index in [9.17, 15) is 13.5 Å². The van der Waals surface area contributed by atoms with Crippen molar-refractivity contribution in [1.82, 2.24) is 5.32 Å². The second-order valence-corrected chi connectivity index (χ2v) is 6.73. The molecule has 2 unspecified atom stereocenters. The zero-order chi connectivity index (χ0) is 15.5. The van der Waals surface area contributed by atoms with E-state index in [1.165, 1.54) is 12.5 Å². The number of methoxy groups -OCH3 is 2. The van der Waals surface area contributed by atoms with E-state index < -0.39 is 15.9 Å². The lowest BCUT2D eigenvalue weighted by Crippen LogP contribution is -2.33. The molecule has 0 amide bonds. The molecule has 2 N–H and O–H groups in total. The summed E-state index contributed by atoms with van der Waals surface area (Å²) in [6, 6.07) is 4.89. The van der Waals surface area contributed by atoms with Gasteiger partial charge in [0.1, 0.15) is 11.5 Å². The summed E-state index contributed by atoms with van der Waals surface area (Å²) in [7, 11) is -0.0293. The first-order valence-electron chi connectivity index (χ1n) is 6.49. The van der Waals surface area contributed by atoms with Gasteiger partial charge in [-0.15, -0.1) is 0 Å². The maximum absolute atomic E-state index is 11.3. The van der Waals surface area contributed by atoms with Crippen LogP contribution in [0.15, 0.2) is 29.7 Å². The van der Waals surface area contributed by atoms with Crippen molar-refractivity contribution in [2.45, 2.75) is 12.1 Å². The first kappa shape index (κ1) is 15.8. The van der Waals surface area contributed by atoms with Crippen LogP contribution in [-0.2, 0) is 9.84 Å². The Morgan fingerprint density at radius 2 is 2.14 bits per heavy atom. The molecule has 6 nitrogen and oxygen atoms in total. The molecule has 116 valence electrons. The Morgan fingerprint density at radius 1 is 1.38 bits per heavy atom. The summed E-state index contributed by atoms with van der Waals surface area (Å²) >= 11 is 0. The van der Waals surface area contributed by atoms with Crippen LogP contribution in [0, 0.1) is 0 Å². The minimum Gasteiger partial charge on any atom is -0.497 e. The number of hydrogen-bond donors (Lipinski definition) is 2. The van der Waals surface area contributed by atoms with Gasteiger partial charge in [-0.2, -0.15) is 0 Å². The first-order valence-corrected chi connectivity index (χ1v) is 8.21. The molecule has 2 atom stereocenters. The molecule has 1 aliphatic rings.